The highest BCUT2D eigenvalue weighted by Crippen LogP contribution is 2.42. The van der Waals surface area contributed by atoms with Gasteiger partial charge in [-0.25, -0.2) is 9.97 Å². The van der Waals surface area contributed by atoms with Crippen molar-refractivity contribution in [3.63, 3.8) is 0 Å². The van der Waals surface area contributed by atoms with Crippen LogP contribution in [0.2, 0.25) is 0 Å². The fraction of sp³-hybridized carbons (Fsp3) is 0.333. The van der Waals surface area contributed by atoms with E-state index < -0.39 is 0 Å². The van der Waals surface area contributed by atoms with E-state index in [4.69, 9.17) is 24.1 Å². The summed E-state index contributed by atoms with van der Waals surface area (Å²) in [6.45, 7) is 5.12. The van der Waals surface area contributed by atoms with Crippen molar-refractivity contribution >= 4 is 17.6 Å². The van der Waals surface area contributed by atoms with Gasteiger partial charge in [-0.3, -0.25) is 9.48 Å². The second-order valence-electron chi connectivity index (χ2n) is 8.28. The summed E-state index contributed by atoms with van der Waals surface area (Å²) in [6, 6.07) is 6.03. The Morgan fingerprint density at radius 1 is 1.24 bits per heavy atom. The molecule has 4 aromatic rings. The molecule has 1 aliphatic rings. The van der Waals surface area contributed by atoms with Gasteiger partial charge in [0.15, 0.2) is 17.1 Å². The zero-order chi connectivity index (χ0) is 24.2. The lowest BCUT2D eigenvalue weighted by Crippen LogP contribution is -2.33. The zero-order valence-electron chi connectivity index (χ0n) is 19.5. The van der Waals surface area contributed by atoms with Crippen molar-refractivity contribution in [2.24, 2.45) is 13.0 Å². The molecule has 1 unspecified atom stereocenters. The van der Waals surface area contributed by atoms with Gasteiger partial charge in [-0.1, -0.05) is 13.8 Å². The number of aryl methyl sites for hydroxylation is 1. The molecule has 178 valence electrons. The van der Waals surface area contributed by atoms with Gasteiger partial charge in [-0.2, -0.15) is 5.10 Å². The molecule has 0 amide bonds. The smallest absolute Gasteiger partial charge is 0.290 e. The number of benzene rings is 1. The average molecular weight is 466 g/mol. The molecule has 10 heteroatoms. The molecule has 0 spiro atoms. The standard InChI is InChI=1S/C23H25N5O3.CH2O2/c1-14(2)21-12-30-20-6-15(5-19(29-4)22(20)31-21)10-28-13-25-18-7-16(8-24-23(18)28)17-9-26-27(3)11-17;2-1-3/h5-9,11,13-14,21H,10,12H2,1-4H3;1H,(H,2,3). The SMILES string of the molecule is COc1cc(Cn2cnc3cc(-c4cnn(C)c4)cnc32)cc2c1OC(C(C)C)CO2.O=CO. The molecule has 10 nitrogen and oxygen atoms in total. The minimum atomic E-state index is -0.250. The number of rotatable bonds is 5. The van der Waals surface area contributed by atoms with Crippen LogP contribution in [0.15, 0.2) is 43.1 Å². The molecule has 5 rings (SSSR count). The maximum atomic E-state index is 8.36. The summed E-state index contributed by atoms with van der Waals surface area (Å²) in [5.41, 5.74) is 4.70. The van der Waals surface area contributed by atoms with Crippen LogP contribution in [0.25, 0.3) is 22.3 Å². The van der Waals surface area contributed by atoms with Crippen molar-refractivity contribution in [3.8, 4) is 28.4 Å². The van der Waals surface area contributed by atoms with Gasteiger partial charge in [-0.05, 0) is 29.7 Å². The number of methoxy groups -OCH3 is 1. The Hall–Kier alpha value is -4.08. The molecule has 1 aromatic carbocycles. The monoisotopic (exact) mass is 465 g/mol. The van der Waals surface area contributed by atoms with Crippen molar-refractivity contribution in [1.29, 1.82) is 0 Å². The summed E-state index contributed by atoms with van der Waals surface area (Å²) in [5.74, 6) is 2.42. The van der Waals surface area contributed by atoms with Crippen LogP contribution in [0, 0.1) is 5.92 Å². The van der Waals surface area contributed by atoms with Crippen molar-refractivity contribution in [2.75, 3.05) is 13.7 Å². The van der Waals surface area contributed by atoms with E-state index in [1.165, 1.54) is 0 Å². The summed E-state index contributed by atoms with van der Waals surface area (Å²) in [4.78, 5) is 17.6. The van der Waals surface area contributed by atoms with Gasteiger partial charge in [0.25, 0.3) is 6.47 Å². The van der Waals surface area contributed by atoms with E-state index >= 15 is 0 Å². The lowest BCUT2D eigenvalue weighted by molar-refractivity contribution is -0.122. The van der Waals surface area contributed by atoms with E-state index in [0.717, 1.165) is 27.9 Å². The molecule has 0 fully saturated rings. The number of ether oxygens (including phenoxy) is 3. The summed E-state index contributed by atoms with van der Waals surface area (Å²) < 4.78 is 21.5. The number of nitrogens with zero attached hydrogens (tertiary/aromatic N) is 5. The Balaban J connectivity index is 0.000000868. The van der Waals surface area contributed by atoms with Crippen LogP contribution in [0.4, 0.5) is 0 Å². The van der Waals surface area contributed by atoms with E-state index in [-0.39, 0.29) is 12.6 Å². The van der Waals surface area contributed by atoms with Crippen LogP contribution < -0.4 is 14.2 Å². The predicted molar refractivity (Wildman–Crippen MR) is 125 cm³/mol. The molecule has 1 N–H and O–H groups in total. The Morgan fingerprint density at radius 2 is 2.03 bits per heavy atom. The fourth-order valence-electron chi connectivity index (χ4n) is 3.77. The summed E-state index contributed by atoms with van der Waals surface area (Å²) in [5, 5.41) is 11.1. The molecule has 0 saturated carbocycles. The first kappa shape index (κ1) is 23.1. The second-order valence-corrected chi connectivity index (χ2v) is 8.28. The summed E-state index contributed by atoms with van der Waals surface area (Å²) in [7, 11) is 3.55. The van der Waals surface area contributed by atoms with Crippen molar-refractivity contribution in [3.05, 3.63) is 48.7 Å². The van der Waals surface area contributed by atoms with Crippen molar-refractivity contribution in [1.82, 2.24) is 24.3 Å². The normalized spacial score (nSPS) is 14.6. The maximum Gasteiger partial charge on any atom is 0.290 e. The van der Waals surface area contributed by atoms with Gasteiger partial charge in [0, 0.05) is 30.6 Å². The molecule has 1 atom stereocenters. The van der Waals surface area contributed by atoms with Gasteiger partial charge in [-0.15, -0.1) is 0 Å². The van der Waals surface area contributed by atoms with E-state index in [1.54, 1.807) is 11.8 Å². The van der Waals surface area contributed by atoms with Gasteiger partial charge in [0.2, 0.25) is 5.75 Å². The van der Waals surface area contributed by atoms with Gasteiger partial charge in [0.05, 0.1) is 26.2 Å². The number of hydrogen-bond acceptors (Lipinski definition) is 7. The third-order valence-corrected chi connectivity index (χ3v) is 5.56. The van der Waals surface area contributed by atoms with E-state index in [9.17, 15) is 0 Å². The summed E-state index contributed by atoms with van der Waals surface area (Å²) in [6.07, 6.45) is 7.47. The number of carboxylic acid groups (broad SMARTS) is 1. The Labute approximate surface area is 196 Å². The van der Waals surface area contributed by atoms with Crippen LogP contribution >= 0.6 is 0 Å². The maximum absolute atomic E-state index is 8.36. The van der Waals surface area contributed by atoms with Crippen LogP contribution in [0.1, 0.15) is 19.4 Å². The lowest BCUT2D eigenvalue weighted by Gasteiger charge is -2.30. The Kier molecular flexibility index (Phi) is 6.67. The molecular weight excluding hydrogens is 438 g/mol. The first-order valence-corrected chi connectivity index (χ1v) is 10.8. The van der Waals surface area contributed by atoms with Crippen molar-refractivity contribution < 1.29 is 24.1 Å². The largest absolute Gasteiger partial charge is 0.493 e. The fourth-order valence-corrected chi connectivity index (χ4v) is 3.77. The highest BCUT2D eigenvalue weighted by atomic mass is 16.6. The molecule has 4 heterocycles. The molecule has 0 bridgehead atoms. The number of carbonyl (C=O) groups is 1. The highest BCUT2D eigenvalue weighted by molar-refractivity contribution is 5.77. The van der Waals surface area contributed by atoms with Gasteiger partial charge >= 0.3 is 0 Å². The number of imidazole rings is 1. The van der Waals surface area contributed by atoms with Crippen LogP contribution in [0.3, 0.4) is 0 Å². The van der Waals surface area contributed by atoms with E-state index in [1.807, 2.05) is 54.7 Å². The number of hydrogen-bond donors (Lipinski definition) is 1. The van der Waals surface area contributed by atoms with E-state index in [2.05, 4.69) is 28.9 Å². The van der Waals surface area contributed by atoms with E-state index in [0.29, 0.717) is 36.3 Å². The first-order valence-electron chi connectivity index (χ1n) is 10.8. The van der Waals surface area contributed by atoms with Crippen LogP contribution in [0.5, 0.6) is 17.2 Å². The average Bonchev–Trinajstić information content (AvgIpc) is 3.44. The number of fused-ring (bicyclic) bond motifs is 2. The van der Waals surface area contributed by atoms with Gasteiger partial charge in [0.1, 0.15) is 18.2 Å². The van der Waals surface area contributed by atoms with Crippen molar-refractivity contribution in [2.45, 2.75) is 26.5 Å². The molecule has 1 aliphatic heterocycles. The van der Waals surface area contributed by atoms with Crippen LogP contribution in [-0.2, 0) is 18.4 Å². The summed E-state index contributed by atoms with van der Waals surface area (Å²) >= 11 is 0. The quantitative estimate of drug-likeness (QED) is 0.446. The number of aromatic nitrogens is 5. The zero-order valence-corrected chi connectivity index (χ0v) is 19.5. The molecule has 0 radical (unpaired) electrons. The van der Waals surface area contributed by atoms with Crippen LogP contribution in [-0.4, -0.2) is 55.7 Å². The first-order chi connectivity index (χ1) is 16.4. The second kappa shape index (κ2) is 9.82. The molecule has 0 saturated heterocycles. The minimum Gasteiger partial charge on any atom is -0.493 e. The Bertz CT molecular complexity index is 1280. The van der Waals surface area contributed by atoms with Gasteiger partial charge < -0.3 is 23.9 Å². The molecule has 3 aromatic heterocycles. The predicted octanol–water partition coefficient (Wildman–Crippen LogP) is 3.39. The highest BCUT2D eigenvalue weighted by Gasteiger charge is 2.27. The number of pyridine rings is 1. The molecular formula is C24H27N5O5. The molecule has 34 heavy (non-hydrogen) atoms. The topological polar surface area (TPSA) is 114 Å². The minimum absolute atomic E-state index is 0.0167. The third-order valence-electron chi connectivity index (χ3n) is 5.56. The Morgan fingerprint density at radius 3 is 2.71 bits per heavy atom. The lowest BCUT2D eigenvalue weighted by atomic mass is 10.1. The molecule has 0 aliphatic carbocycles. The third kappa shape index (κ3) is 4.66.